The lowest BCUT2D eigenvalue weighted by atomic mass is 10.1. The van der Waals surface area contributed by atoms with E-state index in [1.807, 2.05) is 69.3 Å². The Hall–Kier alpha value is -2.55. The Morgan fingerprint density at radius 1 is 1.09 bits per heavy atom. The number of aryl methyl sites for hydroxylation is 1. The molecule has 0 saturated carbocycles. The van der Waals surface area contributed by atoms with Crippen molar-refractivity contribution < 1.29 is 9.21 Å². The lowest BCUT2D eigenvalue weighted by molar-refractivity contribution is 0.0951. The summed E-state index contributed by atoms with van der Waals surface area (Å²) in [5, 5.41) is 3.98. The molecule has 1 amide bonds. The Bertz CT molecular complexity index is 759. The number of benzene rings is 2. The molecule has 0 aliphatic carbocycles. The maximum absolute atomic E-state index is 12.1. The highest BCUT2D eigenvalue weighted by atomic mass is 16.3. The fourth-order valence-electron chi connectivity index (χ4n) is 2.20. The van der Waals surface area contributed by atoms with Gasteiger partial charge in [-0.05, 0) is 42.8 Å². The third kappa shape index (κ3) is 3.76. The molecule has 0 bridgehead atoms. The van der Waals surface area contributed by atoms with Gasteiger partial charge in [0.05, 0.1) is 6.26 Å². The zero-order valence-electron chi connectivity index (χ0n) is 13.2. The highest BCUT2D eigenvalue weighted by molar-refractivity contribution is 5.94. The summed E-state index contributed by atoms with van der Waals surface area (Å²) in [6, 6.07) is 15.4. The number of amides is 1. The van der Waals surface area contributed by atoms with E-state index in [0.29, 0.717) is 12.1 Å². The van der Waals surface area contributed by atoms with Gasteiger partial charge in [0.25, 0.3) is 5.91 Å². The van der Waals surface area contributed by atoms with E-state index in [4.69, 9.17) is 4.42 Å². The topological polar surface area (TPSA) is 42.2 Å². The van der Waals surface area contributed by atoms with Crippen LogP contribution in [0.1, 0.15) is 35.3 Å². The molecule has 3 nitrogen and oxygen atoms in total. The second-order valence-corrected chi connectivity index (χ2v) is 4.84. The largest absolute Gasteiger partial charge is 0.464 e. The van der Waals surface area contributed by atoms with Crippen LogP contribution in [0, 0.1) is 6.92 Å². The lowest BCUT2D eigenvalue weighted by Crippen LogP contribution is -2.22. The second-order valence-electron chi connectivity index (χ2n) is 4.84. The third-order valence-corrected chi connectivity index (χ3v) is 3.25. The molecule has 0 aliphatic rings. The summed E-state index contributed by atoms with van der Waals surface area (Å²) in [4.78, 5) is 12.1. The van der Waals surface area contributed by atoms with Gasteiger partial charge in [0.1, 0.15) is 5.58 Å². The molecule has 0 atom stereocenters. The van der Waals surface area contributed by atoms with Gasteiger partial charge in [0, 0.05) is 17.5 Å². The van der Waals surface area contributed by atoms with Crippen LogP contribution < -0.4 is 5.32 Å². The van der Waals surface area contributed by atoms with Crippen LogP contribution in [0.3, 0.4) is 0 Å². The average Bonchev–Trinajstić information content (AvgIpc) is 3.02. The van der Waals surface area contributed by atoms with Gasteiger partial charge < -0.3 is 9.73 Å². The predicted octanol–water partition coefficient (Wildman–Crippen LogP) is 4.70. The zero-order chi connectivity index (χ0) is 15.9. The van der Waals surface area contributed by atoms with Crippen molar-refractivity contribution in [2.24, 2.45) is 0 Å². The maximum atomic E-state index is 12.1. The number of fused-ring (bicyclic) bond motifs is 1. The van der Waals surface area contributed by atoms with E-state index in [2.05, 4.69) is 5.32 Å². The molecule has 3 heteroatoms. The Balaban J connectivity index is 0.000000847. The minimum atomic E-state index is -0.0546. The van der Waals surface area contributed by atoms with E-state index in [1.165, 1.54) is 0 Å². The molecule has 3 rings (SSSR count). The fourth-order valence-corrected chi connectivity index (χ4v) is 2.20. The van der Waals surface area contributed by atoms with Crippen LogP contribution in [0.4, 0.5) is 0 Å². The van der Waals surface area contributed by atoms with Gasteiger partial charge in [-0.25, -0.2) is 0 Å². The molecular weight excluding hydrogens is 274 g/mol. The summed E-state index contributed by atoms with van der Waals surface area (Å²) in [5.41, 5.74) is 3.69. The Morgan fingerprint density at radius 3 is 2.68 bits per heavy atom. The first-order chi connectivity index (χ1) is 10.7. The first-order valence-corrected chi connectivity index (χ1v) is 7.53. The van der Waals surface area contributed by atoms with Crippen molar-refractivity contribution in [1.82, 2.24) is 5.32 Å². The SMILES string of the molecule is CC.Cc1cccc(C(=O)NCc2ccc3occc3c2)c1. The summed E-state index contributed by atoms with van der Waals surface area (Å²) in [6.07, 6.45) is 1.67. The van der Waals surface area contributed by atoms with Gasteiger partial charge in [-0.3, -0.25) is 4.79 Å². The zero-order valence-corrected chi connectivity index (χ0v) is 13.2. The Morgan fingerprint density at radius 2 is 1.91 bits per heavy atom. The molecular formula is C19H21NO2. The van der Waals surface area contributed by atoms with E-state index in [-0.39, 0.29) is 5.91 Å². The van der Waals surface area contributed by atoms with Crippen LogP contribution in [0.5, 0.6) is 0 Å². The van der Waals surface area contributed by atoms with Crippen LogP contribution in [-0.2, 0) is 6.54 Å². The molecule has 1 heterocycles. The van der Waals surface area contributed by atoms with E-state index in [1.54, 1.807) is 6.26 Å². The molecule has 1 aromatic heterocycles. The van der Waals surface area contributed by atoms with Crippen molar-refractivity contribution in [2.45, 2.75) is 27.3 Å². The minimum Gasteiger partial charge on any atom is -0.464 e. The van der Waals surface area contributed by atoms with Crippen LogP contribution >= 0.6 is 0 Å². The molecule has 114 valence electrons. The van der Waals surface area contributed by atoms with Gasteiger partial charge in [-0.15, -0.1) is 0 Å². The minimum absolute atomic E-state index is 0.0546. The highest BCUT2D eigenvalue weighted by Crippen LogP contribution is 2.16. The van der Waals surface area contributed by atoms with Crippen molar-refractivity contribution in [3.8, 4) is 0 Å². The Kier molecular flexibility index (Phi) is 5.37. The molecule has 0 spiro atoms. The fraction of sp³-hybridized carbons (Fsp3) is 0.211. The molecule has 0 aliphatic heterocycles. The number of nitrogens with one attached hydrogen (secondary N) is 1. The molecule has 22 heavy (non-hydrogen) atoms. The van der Waals surface area contributed by atoms with Crippen molar-refractivity contribution in [3.05, 3.63) is 71.5 Å². The van der Waals surface area contributed by atoms with E-state index < -0.39 is 0 Å². The third-order valence-electron chi connectivity index (χ3n) is 3.25. The number of hydrogen-bond acceptors (Lipinski definition) is 2. The second kappa shape index (κ2) is 7.46. The van der Waals surface area contributed by atoms with Crippen LogP contribution in [0.25, 0.3) is 11.0 Å². The molecule has 0 radical (unpaired) electrons. The molecule has 0 saturated heterocycles. The van der Waals surface area contributed by atoms with Crippen LogP contribution in [0.2, 0.25) is 0 Å². The molecule has 0 unspecified atom stereocenters. The van der Waals surface area contributed by atoms with E-state index in [9.17, 15) is 4.79 Å². The summed E-state index contributed by atoms with van der Waals surface area (Å²) in [6.45, 7) is 6.48. The number of rotatable bonds is 3. The number of furan rings is 1. The lowest BCUT2D eigenvalue weighted by Gasteiger charge is -2.06. The van der Waals surface area contributed by atoms with Crippen molar-refractivity contribution in [2.75, 3.05) is 0 Å². The molecule has 3 aromatic rings. The van der Waals surface area contributed by atoms with Gasteiger partial charge >= 0.3 is 0 Å². The standard InChI is InChI=1S/C17H15NO2.C2H6/c1-12-3-2-4-15(9-12)17(19)18-11-13-5-6-16-14(10-13)7-8-20-16;1-2/h2-10H,11H2,1H3,(H,18,19);1-2H3. The highest BCUT2D eigenvalue weighted by Gasteiger charge is 2.05. The van der Waals surface area contributed by atoms with Gasteiger partial charge in [0.15, 0.2) is 0 Å². The van der Waals surface area contributed by atoms with Crippen LogP contribution in [-0.4, -0.2) is 5.91 Å². The maximum Gasteiger partial charge on any atom is 0.251 e. The van der Waals surface area contributed by atoms with Crippen LogP contribution in [0.15, 0.2) is 59.2 Å². The van der Waals surface area contributed by atoms with Gasteiger partial charge in [0.2, 0.25) is 0 Å². The smallest absolute Gasteiger partial charge is 0.251 e. The quantitative estimate of drug-likeness (QED) is 0.761. The summed E-state index contributed by atoms with van der Waals surface area (Å²) < 4.78 is 5.29. The predicted molar refractivity (Wildman–Crippen MR) is 89.9 cm³/mol. The molecule has 0 fully saturated rings. The number of hydrogen-bond donors (Lipinski definition) is 1. The van der Waals surface area contributed by atoms with Crippen molar-refractivity contribution in [3.63, 3.8) is 0 Å². The molecule has 1 N–H and O–H groups in total. The summed E-state index contributed by atoms with van der Waals surface area (Å²) >= 11 is 0. The first kappa shape index (κ1) is 15.8. The normalized spacial score (nSPS) is 9.95. The van der Waals surface area contributed by atoms with E-state index in [0.717, 1.165) is 22.1 Å². The monoisotopic (exact) mass is 295 g/mol. The Labute approximate surface area is 131 Å². The molecule has 2 aromatic carbocycles. The average molecular weight is 295 g/mol. The number of carbonyl (C=O) groups excluding carboxylic acids is 1. The summed E-state index contributed by atoms with van der Waals surface area (Å²) in [5.74, 6) is -0.0546. The first-order valence-electron chi connectivity index (χ1n) is 7.53. The van der Waals surface area contributed by atoms with E-state index >= 15 is 0 Å². The summed E-state index contributed by atoms with van der Waals surface area (Å²) in [7, 11) is 0. The van der Waals surface area contributed by atoms with Crippen molar-refractivity contribution in [1.29, 1.82) is 0 Å². The number of carbonyl (C=O) groups is 1. The van der Waals surface area contributed by atoms with Gasteiger partial charge in [-0.2, -0.15) is 0 Å². The van der Waals surface area contributed by atoms with Crippen molar-refractivity contribution >= 4 is 16.9 Å². The van der Waals surface area contributed by atoms with Gasteiger partial charge in [-0.1, -0.05) is 37.6 Å².